The summed E-state index contributed by atoms with van der Waals surface area (Å²) in [4.78, 5) is 15.8. The molecule has 110 valence electrons. The second-order valence-electron chi connectivity index (χ2n) is 5.67. The highest BCUT2D eigenvalue weighted by Gasteiger charge is 2.19. The number of nitrogens with two attached hydrogens (primary N) is 1. The summed E-state index contributed by atoms with van der Waals surface area (Å²) in [5.74, 6) is 1.73. The molecule has 2 unspecified atom stereocenters. The van der Waals surface area contributed by atoms with Gasteiger partial charge in [0.2, 0.25) is 0 Å². The van der Waals surface area contributed by atoms with E-state index in [0.29, 0.717) is 23.0 Å². The van der Waals surface area contributed by atoms with Crippen molar-refractivity contribution in [3.63, 3.8) is 0 Å². The highest BCUT2D eigenvalue weighted by Crippen LogP contribution is 2.28. The number of carbonyl (C=O) groups is 1. The lowest BCUT2D eigenvalue weighted by molar-refractivity contribution is 0.0602. The minimum Gasteiger partial charge on any atom is -0.465 e. The van der Waals surface area contributed by atoms with Crippen LogP contribution >= 0.6 is 0 Å². The normalized spacial score (nSPS) is 22.3. The smallest absolute Gasteiger partial charge is 0.340 e. The lowest BCUT2D eigenvalue weighted by atomic mass is 9.82. The second-order valence-corrected chi connectivity index (χ2v) is 5.67. The molecule has 1 aromatic heterocycles. The maximum atomic E-state index is 11.6. The number of methoxy groups -OCH3 is 1. The zero-order valence-corrected chi connectivity index (χ0v) is 12.2. The van der Waals surface area contributed by atoms with E-state index >= 15 is 0 Å². The van der Waals surface area contributed by atoms with Crippen LogP contribution in [0, 0.1) is 11.8 Å². The van der Waals surface area contributed by atoms with Crippen molar-refractivity contribution in [1.82, 2.24) is 4.98 Å². The third kappa shape index (κ3) is 3.62. The molecule has 20 heavy (non-hydrogen) atoms. The summed E-state index contributed by atoms with van der Waals surface area (Å²) < 4.78 is 4.71. The Morgan fingerprint density at radius 3 is 3.05 bits per heavy atom. The van der Waals surface area contributed by atoms with Gasteiger partial charge in [0.25, 0.3) is 0 Å². The van der Waals surface area contributed by atoms with E-state index in [1.54, 1.807) is 6.07 Å². The SMILES string of the molecule is COC(=O)c1cc(NCC2CCCC(C)C2)ncc1N. The van der Waals surface area contributed by atoms with Gasteiger partial charge in [0.15, 0.2) is 0 Å². The van der Waals surface area contributed by atoms with E-state index in [4.69, 9.17) is 10.5 Å². The van der Waals surface area contributed by atoms with Crippen molar-refractivity contribution in [3.8, 4) is 0 Å². The van der Waals surface area contributed by atoms with Gasteiger partial charge in [0, 0.05) is 6.54 Å². The molecule has 0 radical (unpaired) electrons. The molecule has 0 amide bonds. The number of ether oxygens (including phenoxy) is 1. The minimum absolute atomic E-state index is 0.341. The van der Waals surface area contributed by atoms with E-state index in [-0.39, 0.29) is 0 Å². The lowest BCUT2D eigenvalue weighted by Gasteiger charge is -2.27. The number of nitrogens with one attached hydrogen (secondary N) is 1. The van der Waals surface area contributed by atoms with E-state index in [2.05, 4.69) is 17.2 Å². The molecule has 5 nitrogen and oxygen atoms in total. The Morgan fingerprint density at radius 1 is 1.55 bits per heavy atom. The molecule has 1 saturated carbocycles. The summed E-state index contributed by atoms with van der Waals surface area (Å²) in [6.45, 7) is 3.20. The van der Waals surface area contributed by atoms with Crippen molar-refractivity contribution < 1.29 is 9.53 Å². The van der Waals surface area contributed by atoms with Gasteiger partial charge < -0.3 is 15.8 Å². The van der Waals surface area contributed by atoms with Crippen molar-refractivity contribution in [1.29, 1.82) is 0 Å². The summed E-state index contributed by atoms with van der Waals surface area (Å²) >= 11 is 0. The van der Waals surface area contributed by atoms with Gasteiger partial charge in [-0.15, -0.1) is 0 Å². The third-order valence-electron chi connectivity index (χ3n) is 3.96. The van der Waals surface area contributed by atoms with Gasteiger partial charge >= 0.3 is 5.97 Å². The second kappa shape index (κ2) is 6.59. The molecule has 0 aromatic carbocycles. The number of nitrogens with zero attached hydrogens (tertiary/aromatic N) is 1. The fourth-order valence-corrected chi connectivity index (χ4v) is 2.84. The first-order valence-electron chi connectivity index (χ1n) is 7.18. The van der Waals surface area contributed by atoms with Crippen LogP contribution in [0.1, 0.15) is 43.0 Å². The predicted octanol–water partition coefficient (Wildman–Crippen LogP) is 2.69. The van der Waals surface area contributed by atoms with E-state index in [1.807, 2.05) is 0 Å². The highest BCUT2D eigenvalue weighted by atomic mass is 16.5. The number of rotatable bonds is 4. The van der Waals surface area contributed by atoms with Crippen LogP contribution in [0.3, 0.4) is 0 Å². The van der Waals surface area contributed by atoms with Crippen LogP contribution in [-0.4, -0.2) is 24.6 Å². The number of nitrogen functional groups attached to an aromatic ring is 1. The zero-order valence-electron chi connectivity index (χ0n) is 12.2. The highest BCUT2D eigenvalue weighted by molar-refractivity contribution is 5.95. The maximum Gasteiger partial charge on any atom is 0.340 e. The van der Waals surface area contributed by atoms with Crippen LogP contribution < -0.4 is 11.1 Å². The minimum atomic E-state index is -0.431. The van der Waals surface area contributed by atoms with Crippen LogP contribution in [0.2, 0.25) is 0 Å². The molecule has 1 aliphatic carbocycles. The molecule has 1 aromatic rings. The largest absolute Gasteiger partial charge is 0.465 e. The molecule has 1 heterocycles. The van der Waals surface area contributed by atoms with Crippen LogP contribution in [0.5, 0.6) is 0 Å². The van der Waals surface area contributed by atoms with Gasteiger partial charge in [-0.25, -0.2) is 9.78 Å². The van der Waals surface area contributed by atoms with Crippen LogP contribution in [0.4, 0.5) is 11.5 Å². The molecule has 2 atom stereocenters. The average molecular weight is 277 g/mol. The molecule has 5 heteroatoms. The van der Waals surface area contributed by atoms with Crippen LogP contribution in [0.15, 0.2) is 12.3 Å². The first-order valence-corrected chi connectivity index (χ1v) is 7.18. The summed E-state index contributed by atoms with van der Waals surface area (Å²) in [5.41, 5.74) is 6.44. The topological polar surface area (TPSA) is 77.2 Å². The van der Waals surface area contributed by atoms with Crippen molar-refractivity contribution in [3.05, 3.63) is 17.8 Å². The van der Waals surface area contributed by atoms with Crippen LogP contribution in [-0.2, 0) is 4.74 Å². The van der Waals surface area contributed by atoms with Crippen molar-refractivity contribution in [2.45, 2.75) is 32.6 Å². The molecule has 2 rings (SSSR count). The van der Waals surface area contributed by atoms with E-state index in [9.17, 15) is 4.79 Å². The Hall–Kier alpha value is -1.78. The van der Waals surface area contributed by atoms with Crippen molar-refractivity contribution >= 4 is 17.5 Å². The number of aromatic nitrogens is 1. The molecule has 0 bridgehead atoms. The summed E-state index contributed by atoms with van der Waals surface area (Å²) in [5, 5.41) is 3.31. The first-order chi connectivity index (χ1) is 9.60. The standard InChI is InChI=1S/C15H23N3O2/c1-10-4-3-5-11(6-10)8-17-14-7-12(15(19)20-2)13(16)9-18-14/h7,9-11H,3-6,8,16H2,1-2H3,(H,17,18). The monoisotopic (exact) mass is 277 g/mol. The number of anilines is 2. The molecule has 1 fully saturated rings. The first kappa shape index (κ1) is 14.6. The van der Waals surface area contributed by atoms with E-state index in [1.165, 1.54) is 39.0 Å². The fourth-order valence-electron chi connectivity index (χ4n) is 2.84. The molecule has 0 saturated heterocycles. The Morgan fingerprint density at radius 2 is 2.35 bits per heavy atom. The summed E-state index contributed by atoms with van der Waals surface area (Å²) in [7, 11) is 1.35. The third-order valence-corrected chi connectivity index (χ3v) is 3.96. The number of carbonyl (C=O) groups excluding carboxylic acids is 1. The van der Waals surface area contributed by atoms with Gasteiger partial charge in [0.05, 0.1) is 24.6 Å². The Kier molecular flexibility index (Phi) is 4.82. The van der Waals surface area contributed by atoms with Gasteiger partial charge in [-0.1, -0.05) is 19.8 Å². The average Bonchev–Trinajstić information content (AvgIpc) is 2.45. The van der Waals surface area contributed by atoms with Gasteiger partial charge in [-0.2, -0.15) is 0 Å². The molecule has 0 aliphatic heterocycles. The van der Waals surface area contributed by atoms with Crippen molar-refractivity contribution in [2.75, 3.05) is 24.7 Å². The van der Waals surface area contributed by atoms with E-state index < -0.39 is 5.97 Å². The van der Waals surface area contributed by atoms with Crippen LogP contribution in [0.25, 0.3) is 0 Å². The molecule has 0 spiro atoms. The maximum absolute atomic E-state index is 11.6. The number of esters is 1. The van der Waals surface area contributed by atoms with Gasteiger partial charge in [-0.3, -0.25) is 0 Å². The van der Waals surface area contributed by atoms with Gasteiger partial charge in [-0.05, 0) is 30.7 Å². The zero-order chi connectivity index (χ0) is 14.5. The number of pyridine rings is 1. The Labute approximate surface area is 119 Å². The molecular weight excluding hydrogens is 254 g/mol. The number of hydrogen-bond donors (Lipinski definition) is 2. The fraction of sp³-hybridized carbons (Fsp3) is 0.600. The molecule has 3 N–H and O–H groups in total. The summed E-state index contributed by atoms with van der Waals surface area (Å²) in [6, 6.07) is 1.66. The summed E-state index contributed by atoms with van der Waals surface area (Å²) in [6.07, 6.45) is 6.65. The Bertz CT molecular complexity index is 476. The quantitative estimate of drug-likeness (QED) is 0.827. The molecule has 1 aliphatic rings. The lowest BCUT2D eigenvalue weighted by Crippen LogP contribution is -2.21. The van der Waals surface area contributed by atoms with Gasteiger partial charge in [0.1, 0.15) is 5.82 Å². The van der Waals surface area contributed by atoms with E-state index in [0.717, 1.165) is 12.5 Å². The number of hydrogen-bond acceptors (Lipinski definition) is 5. The molecular formula is C15H23N3O2. The van der Waals surface area contributed by atoms with Crippen molar-refractivity contribution in [2.24, 2.45) is 11.8 Å². The predicted molar refractivity (Wildman–Crippen MR) is 79.6 cm³/mol. The Balaban J connectivity index is 1.97.